The molecule has 6 heteroatoms. The van der Waals surface area contributed by atoms with E-state index in [4.69, 9.17) is 16.7 Å². The molecule has 1 aromatic carbocycles. The number of halogens is 1. The third-order valence-corrected chi connectivity index (χ3v) is 2.52. The number of anilines is 1. The van der Waals surface area contributed by atoms with Gasteiger partial charge in [0.2, 0.25) is 0 Å². The average Bonchev–Trinajstić information content (AvgIpc) is 2.27. The lowest BCUT2D eigenvalue weighted by molar-refractivity contribution is 0.0697. The van der Waals surface area contributed by atoms with E-state index in [0.29, 0.717) is 12.1 Å². The molecule has 1 rings (SSSR count). The van der Waals surface area contributed by atoms with Crippen LogP contribution in [0.2, 0.25) is 5.02 Å². The van der Waals surface area contributed by atoms with E-state index in [9.17, 15) is 9.59 Å². The summed E-state index contributed by atoms with van der Waals surface area (Å²) in [6.07, 6.45) is 2.34. The first-order chi connectivity index (χ1) is 8.92. The van der Waals surface area contributed by atoms with Gasteiger partial charge in [0.15, 0.2) is 0 Å². The molecule has 5 nitrogen and oxygen atoms in total. The summed E-state index contributed by atoms with van der Waals surface area (Å²) in [4.78, 5) is 22.5. The molecule has 0 aliphatic heterocycles. The monoisotopic (exact) mass is 282 g/mol. The van der Waals surface area contributed by atoms with Crippen molar-refractivity contribution in [1.29, 1.82) is 0 Å². The molecule has 0 saturated heterocycles. The van der Waals surface area contributed by atoms with Gasteiger partial charge in [0.05, 0.1) is 5.56 Å². The fourth-order valence-electron chi connectivity index (χ4n) is 1.49. The molecule has 0 heterocycles. The van der Waals surface area contributed by atoms with Crippen LogP contribution in [0.25, 0.3) is 0 Å². The highest BCUT2D eigenvalue weighted by Crippen LogP contribution is 2.19. The number of amides is 2. The van der Waals surface area contributed by atoms with Gasteiger partial charge in [-0.3, -0.25) is 0 Å². The molecule has 0 aliphatic carbocycles. The highest BCUT2D eigenvalue weighted by Gasteiger charge is 2.09. The highest BCUT2D eigenvalue weighted by atomic mass is 35.5. The number of benzene rings is 1. The van der Waals surface area contributed by atoms with Gasteiger partial charge in [0, 0.05) is 16.8 Å². The fraction of sp³-hybridized carbons (Fsp3) is 0.231. The number of rotatable bonds is 5. The van der Waals surface area contributed by atoms with Crippen molar-refractivity contribution in [1.82, 2.24) is 5.32 Å². The molecule has 0 saturated carbocycles. The van der Waals surface area contributed by atoms with E-state index in [1.54, 1.807) is 6.08 Å². The van der Waals surface area contributed by atoms with Gasteiger partial charge in [-0.05, 0) is 31.5 Å². The van der Waals surface area contributed by atoms with Crippen LogP contribution in [-0.4, -0.2) is 23.1 Å². The second-order valence-corrected chi connectivity index (χ2v) is 4.49. The second-order valence-electron chi connectivity index (χ2n) is 4.06. The third kappa shape index (κ3) is 5.01. The van der Waals surface area contributed by atoms with Crippen molar-refractivity contribution in [3.63, 3.8) is 0 Å². The minimum atomic E-state index is -1.11. The lowest BCUT2D eigenvalue weighted by atomic mass is 10.2. The molecular formula is C13H15ClN2O3. The zero-order chi connectivity index (χ0) is 14.4. The maximum absolute atomic E-state index is 11.6. The largest absolute Gasteiger partial charge is 0.478 e. The number of carbonyl (C=O) groups excluding carboxylic acids is 1. The van der Waals surface area contributed by atoms with E-state index in [0.717, 1.165) is 0 Å². The summed E-state index contributed by atoms with van der Waals surface area (Å²) in [6, 6.07) is 3.65. The van der Waals surface area contributed by atoms with Crippen LogP contribution < -0.4 is 10.6 Å². The molecule has 0 spiro atoms. The predicted molar refractivity (Wildman–Crippen MR) is 74.8 cm³/mol. The molecule has 19 heavy (non-hydrogen) atoms. The topological polar surface area (TPSA) is 78.4 Å². The zero-order valence-electron chi connectivity index (χ0n) is 10.4. The SMILES string of the molecule is C=CCC(C)NC(=O)Nc1cc(Cl)cc(C(=O)O)c1. The van der Waals surface area contributed by atoms with Crippen LogP contribution in [0.3, 0.4) is 0 Å². The maximum Gasteiger partial charge on any atom is 0.335 e. The Morgan fingerprint density at radius 2 is 2.16 bits per heavy atom. The first-order valence-corrected chi connectivity index (χ1v) is 6.02. The van der Waals surface area contributed by atoms with Crippen molar-refractivity contribution in [2.75, 3.05) is 5.32 Å². The third-order valence-electron chi connectivity index (χ3n) is 2.30. The van der Waals surface area contributed by atoms with Crippen molar-refractivity contribution in [3.05, 3.63) is 41.4 Å². The summed E-state index contributed by atoms with van der Waals surface area (Å²) in [5.41, 5.74) is 0.343. The Balaban J connectivity index is 2.73. The summed E-state index contributed by atoms with van der Waals surface area (Å²) in [7, 11) is 0. The molecule has 3 N–H and O–H groups in total. The van der Waals surface area contributed by atoms with Crippen molar-refractivity contribution in [2.45, 2.75) is 19.4 Å². The van der Waals surface area contributed by atoms with Crippen LogP contribution in [-0.2, 0) is 0 Å². The van der Waals surface area contributed by atoms with E-state index in [2.05, 4.69) is 17.2 Å². The van der Waals surface area contributed by atoms with Crippen molar-refractivity contribution >= 4 is 29.3 Å². The van der Waals surface area contributed by atoms with Crippen LogP contribution in [0.1, 0.15) is 23.7 Å². The quantitative estimate of drug-likeness (QED) is 0.726. The molecule has 1 aromatic rings. The van der Waals surface area contributed by atoms with Gasteiger partial charge < -0.3 is 15.7 Å². The summed E-state index contributed by atoms with van der Waals surface area (Å²) in [5, 5.41) is 14.4. The van der Waals surface area contributed by atoms with E-state index in [-0.39, 0.29) is 16.6 Å². The standard InChI is InChI=1S/C13H15ClN2O3/c1-3-4-8(2)15-13(19)16-11-6-9(12(17)18)5-10(14)7-11/h3,5-8H,1,4H2,2H3,(H,17,18)(H2,15,16,19). The van der Waals surface area contributed by atoms with Gasteiger partial charge in [0.25, 0.3) is 0 Å². The number of aromatic carboxylic acids is 1. The van der Waals surface area contributed by atoms with Crippen molar-refractivity contribution in [2.24, 2.45) is 0 Å². The number of hydrogen-bond acceptors (Lipinski definition) is 2. The predicted octanol–water partition coefficient (Wildman–Crippen LogP) is 3.12. The van der Waals surface area contributed by atoms with E-state index in [1.165, 1.54) is 18.2 Å². The van der Waals surface area contributed by atoms with Gasteiger partial charge in [-0.25, -0.2) is 9.59 Å². The van der Waals surface area contributed by atoms with Gasteiger partial charge in [-0.1, -0.05) is 17.7 Å². The Hall–Kier alpha value is -2.01. The van der Waals surface area contributed by atoms with Crippen molar-refractivity contribution in [3.8, 4) is 0 Å². The molecule has 0 radical (unpaired) electrons. The molecule has 102 valence electrons. The van der Waals surface area contributed by atoms with Gasteiger partial charge >= 0.3 is 12.0 Å². The average molecular weight is 283 g/mol. The Kier molecular flexibility index (Phi) is 5.38. The fourth-order valence-corrected chi connectivity index (χ4v) is 1.72. The van der Waals surface area contributed by atoms with Crippen LogP contribution in [0.15, 0.2) is 30.9 Å². The minimum absolute atomic E-state index is 0.0157. The van der Waals surface area contributed by atoms with Crippen LogP contribution in [0.4, 0.5) is 10.5 Å². The first-order valence-electron chi connectivity index (χ1n) is 5.64. The maximum atomic E-state index is 11.6. The highest BCUT2D eigenvalue weighted by molar-refractivity contribution is 6.31. The number of carboxylic acids is 1. The summed E-state index contributed by atoms with van der Waals surface area (Å²) in [6.45, 7) is 5.42. The van der Waals surface area contributed by atoms with Crippen LogP contribution in [0.5, 0.6) is 0 Å². The number of nitrogens with one attached hydrogen (secondary N) is 2. The molecule has 0 aromatic heterocycles. The Morgan fingerprint density at radius 3 is 2.74 bits per heavy atom. The summed E-state index contributed by atoms with van der Waals surface area (Å²) in [5.74, 6) is -1.11. The van der Waals surface area contributed by atoms with Crippen LogP contribution in [0, 0.1) is 0 Å². The summed E-state index contributed by atoms with van der Waals surface area (Å²) >= 11 is 5.78. The number of hydrogen-bond donors (Lipinski definition) is 3. The molecule has 0 fully saturated rings. The van der Waals surface area contributed by atoms with Crippen LogP contribution >= 0.6 is 11.6 Å². The number of carboxylic acid groups (broad SMARTS) is 1. The Morgan fingerprint density at radius 1 is 1.47 bits per heavy atom. The van der Waals surface area contributed by atoms with E-state index < -0.39 is 12.0 Å². The molecular weight excluding hydrogens is 268 g/mol. The Labute approximate surface area is 116 Å². The molecule has 0 aliphatic rings. The lowest BCUT2D eigenvalue weighted by Gasteiger charge is -2.13. The number of urea groups is 1. The first kappa shape index (κ1) is 15.0. The smallest absolute Gasteiger partial charge is 0.335 e. The van der Waals surface area contributed by atoms with Gasteiger partial charge in [-0.15, -0.1) is 6.58 Å². The van der Waals surface area contributed by atoms with E-state index in [1.807, 2.05) is 6.92 Å². The molecule has 1 atom stereocenters. The molecule has 1 unspecified atom stereocenters. The normalized spacial score (nSPS) is 11.5. The second kappa shape index (κ2) is 6.80. The minimum Gasteiger partial charge on any atom is -0.478 e. The lowest BCUT2D eigenvalue weighted by Crippen LogP contribution is -2.35. The van der Waals surface area contributed by atoms with Crippen molar-refractivity contribution < 1.29 is 14.7 Å². The Bertz CT molecular complexity index is 503. The zero-order valence-corrected chi connectivity index (χ0v) is 11.2. The van der Waals surface area contributed by atoms with Gasteiger partial charge in [0.1, 0.15) is 0 Å². The summed E-state index contributed by atoms with van der Waals surface area (Å²) < 4.78 is 0. The number of carbonyl (C=O) groups is 2. The molecule has 2 amide bonds. The van der Waals surface area contributed by atoms with Gasteiger partial charge in [-0.2, -0.15) is 0 Å². The van der Waals surface area contributed by atoms with E-state index >= 15 is 0 Å². The molecule has 0 bridgehead atoms.